The van der Waals surface area contributed by atoms with Gasteiger partial charge in [-0.2, -0.15) is 5.26 Å². The van der Waals surface area contributed by atoms with E-state index in [9.17, 15) is 4.79 Å². The Morgan fingerprint density at radius 2 is 2.11 bits per heavy atom. The van der Waals surface area contributed by atoms with Crippen LogP contribution in [0.4, 0.5) is 5.69 Å². The van der Waals surface area contributed by atoms with Crippen molar-refractivity contribution in [1.82, 2.24) is 4.98 Å². The van der Waals surface area contributed by atoms with Gasteiger partial charge in [-0.05, 0) is 23.8 Å². The van der Waals surface area contributed by atoms with Gasteiger partial charge in [-0.3, -0.25) is 4.79 Å². The van der Waals surface area contributed by atoms with Crippen molar-refractivity contribution in [2.45, 2.75) is 6.54 Å². The number of nitrogens with zero attached hydrogens (tertiary/aromatic N) is 2. The number of hydrogen-bond acceptors (Lipinski definition) is 4. The molecule has 0 aliphatic carbocycles. The number of hydrogen-bond donors (Lipinski definition) is 2. The second-order valence-electron chi connectivity index (χ2n) is 3.86. The lowest BCUT2D eigenvalue weighted by Gasteiger charge is -2.08. The molecule has 0 bridgehead atoms. The Morgan fingerprint density at radius 3 is 2.74 bits per heavy atom. The lowest BCUT2D eigenvalue weighted by atomic mass is 10.1. The van der Waals surface area contributed by atoms with Gasteiger partial charge >= 0.3 is 0 Å². The van der Waals surface area contributed by atoms with Gasteiger partial charge in [-0.25, -0.2) is 4.98 Å². The second-order valence-corrected chi connectivity index (χ2v) is 3.86. The number of nitrogens with one attached hydrogen (secondary N) is 1. The molecule has 0 radical (unpaired) electrons. The minimum atomic E-state index is -0.328. The quantitative estimate of drug-likeness (QED) is 0.869. The maximum Gasteiger partial charge on any atom is 0.274 e. The summed E-state index contributed by atoms with van der Waals surface area (Å²) in [6.07, 6.45) is 1.36. The SMILES string of the molecule is N#Cc1ccc(C(=O)Nc2ccccc2CN)nc1. The van der Waals surface area contributed by atoms with Crippen LogP contribution in [0.15, 0.2) is 42.6 Å². The maximum atomic E-state index is 12.0. The molecule has 0 saturated carbocycles. The molecule has 0 atom stereocenters. The molecule has 2 rings (SSSR count). The highest BCUT2D eigenvalue weighted by molar-refractivity contribution is 6.03. The van der Waals surface area contributed by atoms with E-state index in [4.69, 9.17) is 11.0 Å². The lowest BCUT2D eigenvalue weighted by Crippen LogP contribution is -2.15. The first-order valence-corrected chi connectivity index (χ1v) is 5.70. The van der Waals surface area contributed by atoms with Gasteiger partial charge in [-0.15, -0.1) is 0 Å². The summed E-state index contributed by atoms with van der Waals surface area (Å²) in [5.74, 6) is -0.328. The van der Waals surface area contributed by atoms with Gasteiger partial charge < -0.3 is 11.1 Å². The van der Waals surface area contributed by atoms with Crippen LogP contribution in [0.5, 0.6) is 0 Å². The molecule has 1 heterocycles. The van der Waals surface area contributed by atoms with Crippen molar-refractivity contribution in [2.75, 3.05) is 5.32 Å². The summed E-state index contributed by atoms with van der Waals surface area (Å²) in [5.41, 5.74) is 7.79. The molecule has 0 fully saturated rings. The van der Waals surface area contributed by atoms with Gasteiger partial charge in [0.1, 0.15) is 11.8 Å². The van der Waals surface area contributed by atoms with Crippen molar-refractivity contribution in [1.29, 1.82) is 5.26 Å². The Balaban J connectivity index is 2.18. The van der Waals surface area contributed by atoms with E-state index in [0.29, 0.717) is 17.8 Å². The fourth-order valence-electron chi connectivity index (χ4n) is 1.60. The van der Waals surface area contributed by atoms with Crippen LogP contribution >= 0.6 is 0 Å². The third kappa shape index (κ3) is 2.94. The van der Waals surface area contributed by atoms with Crippen LogP contribution in [0.25, 0.3) is 0 Å². The van der Waals surface area contributed by atoms with E-state index < -0.39 is 0 Å². The van der Waals surface area contributed by atoms with Gasteiger partial charge in [0.25, 0.3) is 5.91 Å². The highest BCUT2D eigenvalue weighted by Gasteiger charge is 2.09. The van der Waals surface area contributed by atoms with Gasteiger partial charge in [-0.1, -0.05) is 18.2 Å². The van der Waals surface area contributed by atoms with Crippen LogP contribution in [0.2, 0.25) is 0 Å². The maximum absolute atomic E-state index is 12.0. The first-order valence-electron chi connectivity index (χ1n) is 5.70. The normalized spacial score (nSPS) is 9.68. The van der Waals surface area contributed by atoms with Crippen molar-refractivity contribution in [2.24, 2.45) is 5.73 Å². The number of anilines is 1. The predicted octanol–water partition coefficient (Wildman–Crippen LogP) is 1.66. The first-order chi connectivity index (χ1) is 9.24. The van der Waals surface area contributed by atoms with Crippen LogP contribution in [0.3, 0.4) is 0 Å². The molecule has 0 aliphatic heterocycles. The summed E-state index contributed by atoms with van der Waals surface area (Å²) in [6.45, 7) is 0.344. The van der Waals surface area contributed by atoms with Crippen LogP contribution < -0.4 is 11.1 Å². The number of carbonyl (C=O) groups is 1. The van der Waals surface area contributed by atoms with E-state index in [0.717, 1.165) is 5.56 Å². The second kappa shape index (κ2) is 5.76. The van der Waals surface area contributed by atoms with E-state index in [1.54, 1.807) is 12.1 Å². The van der Waals surface area contributed by atoms with Gasteiger partial charge in [0.15, 0.2) is 0 Å². The van der Waals surface area contributed by atoms with E-state index in [1.165, 1.54) is 12.3 Å². The highest BCUT2D eigenvalue weighted by Crippen LogP contribution is 2.15. The van der Waals surface area contributed by atoms with Crippen LogP contribution in [0, 0.1) is 11.3 Å². The molecular formula is C14H12N4O. The molecule has 1 aromatic carbocycles. The molecule has 0 saturated heterocycles. The Hall–Kier alpha value is -2.71. The summed E-state index contributed by atoms with van der Waals surface area (Å²) in [7, 11) is 0. The number of rotatable bonds is 3. The number of amides is 1. The molecule has 0 aliphatic rings. The smallest absolute Gasteiger partial charge is 0.274 e. The molecular weight excluding hydrogens is 240 g/mol. The molecule has 3 N–H and O–H groups in total. The summed E-state index contributed by atoms with van der Waals surface area (Å²) < 4.78 is 0. The molecule has 2 aromatic rings. The average Bonchev–Trinajstić information content (AvgIpc) is 2.48. The standard InChI is InChI=1S/C14H12N4O/c15-7-10-5-6-13(17-9-10)14(19)18-12-4-2-1-3-11(12)8-16/h1-6,9H,8,16H2,(H,18,19). The molecule has 19 heavy (non-hydrogen) atoms. The minimum Gasteiger partial charge on any atom is -0.326 e. The summed E-state index contributed by atoms with van der Waals surface area (Å²) in [4.78, 5) is 15.9. The highest BCUT2D eigenvalue weighted by atomic mass is 16.1. The van der Waals surface area contributed by atoms with E-state index in [2.05, 4.69) is 10.3 Å². The minimum absolute atomic E-state index is 0.255. The molecule has 0 spiro atoms. The molecule has 5 nitrogen and oxygen atoms in total. The Labute approximate surface area is 110 Å². The fourth-order valence-corrected chi connectivity index (χ4v) is 1.60. The van der Waals surface area contributed by atoms with Crippen molar-refractivity contribution >= 4 is 11.6 Å². The molecule has 1 aromatic heterocycles. The number of nitriles is 1. The first kappa shape index (κ1) is 12.7. The zero-order valence-corrected chi connectivity index (χ0v) is 10.1. The van der Waals surface area contributed by atoms with E-state index in [1.807, 2.05) is 24.3 Å². The van der Waals surface area contributed by atoms with Crippen LogP contribution in [-0.2, 0) is 6.54 Å². The summed E-state index contributed by atoms with van der Waals surface area (Å²) >= 11 is 0. The Bertz CT molecular complexity index is 629. The summed E-state index contributed by atoms with van der Waals surface area (Å²) in [5, 5.41) is 11.4. The number of pyridine rings is 1. The van der Waals surface area contributed by atoms with Crippen LogP contribution in [-0.4, -0.2) is 10.9 Å². The average molecular weight is 252 g/mol. The molecule has 94 valence electrons. The summed E-state index contributed by atoms with van der Waals surface area (Å²) in [6, 6.07) is 12.3. The zero-order valence-electron chi connectivity index (χ0n) is 10.1. The van der Waals surface area contributed by atoms with Crippen LogP contribution in [0.1, 0.15) is 21.6 Å². The Morgan fingerprint density at radius 1 is 1.32 bits per heavy atom. The van der Waals surface area contributed by atoms with Gasteiger partial charge in [0.05, 0.1) is 5.56 Å². The van der Waals surface area contributed by atoms with E-state index >= 15 is 0 Å². The van der Waals surface area contributed by atoms with Crippen molar-refractivity contribution in [3.63, 3.8) is 0 Å². The van der Waals surface area contributed by atoms with Crippen molar-refractivity contribution in [3.8, 4) is 6.07 Å². The molecule has 1 amide bonds. The largest absolute Gasteiger partial charge is 0.326 e. The number of nitrogens with two attached hydrogens (primary N) is 1. The molecule has 0 unspecified atom stereocenters. The third-order valence-corrected chi connectivity index (χ3v) is 2.61. The number of benzene rings is 1. The van der Waals surface area contributed by atoms with E-state index in [-0.39, 0.29) is 11.6 Å². The third-order valence-electron chi connectivity index (χ3n) is 2.61. The number of carbonyl (C=O) groups excluding carboxylic acids is 1. The van der Waals surface area contributed by atoms with Crippen molar-refractivity contribution < 1.29 is 4.79 Å². The number of aromatic nitrogens is 1. The fraction of sp³-hybridized carbons (Fsp3) is 0.0714. The van der Waals surface area contributed by atoms with Crippen molar-refractivity contribution in [3.05, 3.63) is 59.4 Å². The predicted molar refractivity (Wildman–Crippen MR) is 71.2 cm³/mol. The van der Waals surface area contributed by atoms with Gasteiger partial charge in [0.2, 0.25) is 0 Å². The van der Waals surface area contributed by atoms with Gasteiger partial charge in [0, 0.05) is 18.4 Å². The lowest BCUT2D eigenvalue weighted by molar-refractivity contribution is 0.102. The zero-order chi connectivity index (χ0) is 13.7. The topological polar surface area (TPSA) is 91.8 Å². The monoisotopic (exact) mass is 252 g/mol. The Kier molecular flexibility index (Phi) is 3.86. The number of para-hydroxylation sites is 1. The molecule has 5 heteroatoms.